The number of nitrogens with zero attached hydrogens (tertiary/aromatic N) is 1. The molecule has 1 atom stereocenters. The van der Waals surface area contributed by atoms with E-state index < -0.39 is 17.9 Å². The lowest BCUT2D eigenvalue weighted by Gasteiger charge is -2.11. The molecule has 0 aliphatic rings. The first-order valence-electron chi connectivity index (χ1n) is 4.60. The minimum Gasteiger partial charge on any atom is -0.480 e. The molecule has 1 aromatic heterocycles. The van der Waals surface area contributed by atoms with Gasteiger partial charge in [-0.3, -0.25) is 9.89 Å². The number of aromatic amines is 1. The number of aryl methyl sites for hydroxylation is 1. The third-order valence-corrected chi connectivity index (χ3v) is 2.09. The van der Waals surface area contributed by atoms with Crippen LogP contribution in [0.3, 0.4) is 0 Å². The lowest BCUT2D eigenvalue weighted by molar-refractivity contribution is -0.139. The summed E-state index contributed by atoms with van der Waals surface area (Å²) in [5, 5.41) is 17.5. The van der Waals surface area contributed by atoms with Crippen molar-refractivity contribution >= 4 is 11.9 Å². The third-order valence-electron chi connectivity index (χ3n) is 2.09. The van der Waals surface area contributed by atoms with Crippen molar-refractivity contribution in [2.45, 2.75) is 26.3 Å². The molecule has 1 aromatic rings. The molecule has 1 heterocycles. The van der Waals surface area contributed by atoms with Crippen LogP contribution >= 0.6 is 0 Å². The fourth-order valence-corrected chi connectivity index (χ4v) is 1.15. The minimum atomic E-state index is -1.04. The second-order valence-electron chi connectivity index (χ2n) is 3.18. The lowest BCUT2D eigenvalue weighted by Crippen LogP contribution is -2.40. The molecule has 82 valence electrons. The van der Waals surface area contributed by atoms with Crippen molar-refractivity contribution in [1.82, 2.24) is 15.5 Å². The summed E-state index contributed by atoms with van der Waals surface area (Å²) in [5.41, 5.74) is 0.988. The summed E-state index contributed by atoms with van der Waals surface area (Å²) in [6.07, 6.45) is 1.72. The number of rotatable bonds is 4. The van der Waals surface area contributed by atoms with E-state index in [2.05, 4.69) is 15.5 Å². The number of carboxylic acid groups (broad SMARTS) is 1. The second-order valence-corrected chi connectivity index (χ2v) is 3.18. The van der Waals surface area contributed by atoms with E-state index >= 15 is 0 Å². The van der Waals surface area contributed by atoms with Gasteiger partial charge in [0, 0.05) is 5.69 Å². The zero-order valence-corrected chi connectivity index (χ0v) is 8.57. The number of nitrogens with one attached hydrogen (secondary N) is 2. The first-order chi connectivity index (χ1) is 7.06. The van der Waals surface area contributed by atoms with E-state index in [1.165, 1.54) is 6.20 Å². The number of aliphatic carboxylic acids is 1. The second kappa shape index (κ2) is 4.59. The first kappa shape index (κ1) is 11.2. The van der Waals surface area contributed by atoms with E-state index in [1.54, 1.807) is 13.8 Å². The van der Waals surface area contributed by atoms with Crippen LogP contribution in [0.2, 0.25) is 0 Å². The highest BCUT2D eigenvalue weighted by molar-refractivity contribution is 5.97. The maximum absolute atomic E-state index is 11.6. The SMILES string of the molecule is CCC(NC(=O)c1cn[nH]c1C)C(=O)O. The van der Waals surface area contributed by atoms with Gasteiger partial charge in [-0.05, 0) is 13.3 Å². The molecule has 0 aliphatic carbocycles. The molecule has 0 saturated heterocycles. The first-order valence-corrected chi connectivity index (χ1v) is 4.60. The number of H-pyrrole nitrogens is 1. The summed E-state index contributed by atoms with van der Waals surface area (Å²) in [6.45, 7) is 3.39. The number of hydrogen-bond acceptors (Lipinski definition) is 3. The van der Waals surface area contributed by atoms with Crippen molar-refractivity contribution in [1.29, 1.82) is 0 Å². The highest BCUT2D eigenvalue weighted by Gasteiger charge is 2.19. The summed E-state index contributed by atoms with van der Waals surface area (Å²) >= 11 is 0. The topological polar surface area (TPSA) is 95.1 Å². The van der Waals surface area contributed by atoms with Crippen LogP contribution in [0.15, 0.2) is 6.20 Å². The number of hydrogen-bond donors (Lipinski definition) is 3. The Kier molecular flexibility index (Phi) is 3.43. The van der Waals surface area contributed by atoms with E-state index in [9.17, 15) is 9.59 Å². The molecule has 0 fully saturated rings. The molecule has 0 aromatic carbocycles. The molecule has 0 radical (unpaired) electrons. The summed E-state index contributed by atoms with van der Waals surface area (Å²) in [4.78, 5) is 22.2. The maximum atomic E-state index is 11.6. The summed E-state index contributed by atoms with van der Waals surface area (Å²) in [7, 11) is 0. The van der Waals surface area contributed by atoms with Gasteiger partial charge in [0.25, 0.3) is 5.91 Å². The molecular weight excluding hydrogens is 198 g/mol. The van der Waals surface area contributed by atoms with Gasteiger partial charge in [-0.15, -0.1) is 0 Å². The van der Waals surface area contributed by atoms with Crippen LogP contribution in [-0.4, -0.2) is 33.2 Å². The summed E-state index contributed by atoms with van der Waals surface area (Å²) < 4.78 is 0. The third kappa shape index (κ3) is 2.55. The molecule has 1 unspecified atom stereocenters. The standard InChI is InChI=1S/C9H13N3O3/c1-3-7(9(14)15)11-8(13)6-4-10-12-5(6)2/h4,7H,3H2,1-2H3,(H,10,12)(H,11,13)(H,14,15). The highest BCUT2D eigenvalue weighted by Crippen LogP contribution is 2.03. The Hall–Kier alpha value is -1.85. The molecule has 3 N–H and O–H groups in total. The van der Waals surface area contributed by atoms with Gasteiger partial charge >= 0.3 is 5.97 Å². The molecule has 15 heavy (non-hydrogen) atoms. The van der Waals surface area contributed by atoms with Crippen molar-refractivity contribution in [3.05, 3.63) is 17.5 Å². The van der Waals surface area contributed by atoms with Gasteiger partial charge in [0.2, 0.25) is 0 Å². The van der Waals surface area contributed by atoms with Gasteiger partial charge in [0.05, 0.1) is 11.8 Å². The molecular formula is C9H13N3O3. The van der Waals surface area contributed by atoms with Crippen LogP contribution in [-0.2, 0) is 4.79 Å². The fourth-order valence-electron chi connectivity index (χ4n) is 1.15. The number of amides is 1. The van der Waals surface area contributed by atoms with Crippen LogP contribution in [0.5, 0.6) is 0 Å². The van der Waals surface area contributed by atoms with Crippen molar-refractivity contribution < 1.29 is 14.7 Å². The van der Waals surface area contributed by atoms with Gasteiger partial charge in [-0.2, -0.15) is 5.10 Å². The Morgan fingerprint density at radius 1 is 1.67 bits per heavy atom. The van der Waals surface area contributed by atoms with E-state index in [4.69, 9.17) is 5.11 Å². The molecule has 6 heteroatoms. The highest BCUT2D eigenvalue weighted by atomic mass is 16.4. The zero-order valence-electron chi connectivity index (χ0n) is 8.57. The Morgan fingerprint density at radius 2 is 2.33 bits per heavy atom. The normalized spacial score (nSPS) is 12.1. The molecule has 1 rings (SSSR count). The van der Waals surface area contributed by atoms with E-state index in [0.717, 1.165) is 0 Å². The number of carboxylic acids is 1. The molecule has 6 nitrogen and oxygen atoms in total. The van der Waals surface area contributed by atoms with Crippen LogP contribution in [0.1, 0.15) is 29.4 Å². The van der Waals surface area contributed by atoms with E-state index in [-0.39, 0.29) is 0 Å². The lowest BCUT2D eigenvalue weighted by atomic mass is 10.2. The number of aromatic nitrogens is 2. The Balaban J connectivity index is 2.71. The van der Waals surface area contributed by atoms with E-state index in [1.807, 2.05) is 0 Å². The van der Waals surface area contributed by atoms with Crippen LogP contribution < -0.4 is 5.32 Å². The van der Waals surface area contributed by atoms with Crippen LogP contribution in [0.4, 0.5) is 0 Å². The largest absolute Gasteiger partial charge is 0.480 e. The Morgan fingerprint density at radius 3 is 2.73 bits per heavy atom. The average molecular weight is 211 g/mol. The van der Waals surface area contributed by atoms with Gasteiger partial charge in [-0.1, -0.05) is 6.92 Å². The van der Waals surface area contributed by atoms with Crippen molar-refractivity contribution in [3.8, 4) is 0 Å². The smallest absolute Gasteiger partial charge is 0.326 e. The number of carbonyl (C=O) groups is 2. The zero-order chi connectivity index (χ0) is 11.4. The van der Waals surface area contributed by atoms with Crippen LogP contribution in [0, 0.1) is 6.92 Å². The van der Waals surface area contributed by atoms with Gasteiger partial charge in [0.15, 0.2) is 0 Å². The van der Waals surface area contributed by atoms with Crippen LogP contribution in [0.25, 0.3) is 0 Å². The molecule has 0 spiro atoms. The predicted molar refractivity (Wildman–Crippen MR) is 52.5 cm³/mol. The van der Waals surface area contributed by atoms with Gasteiger partial charge in [-0.25, -0.2) is 4.79 Å². The Bertz CT molecular complexity index is 372. The van der Waals surface area contributed by atoms with Gasteiger partial charge in [0.1, 0.15) is 6.04 Å². The van der Waals surface area contributed by atoms with Crippen molar-refractivity contribution in [2.75, 3.05) is 0 Å². The minimum absolute atomic E-state index is 0.345. The predicted octanol–water partition coefficient (Wildman–Crippen LogP) is 0.311. The fraction of sp³-hybridized carbons (Fsp3) is 0.444. The summed E-state index contributed by atoms with van der Waals surface area (Å²) in [6, 6.07) is -0.855. The van der Waals surface area contributed by atoms with Crippen molar-refractivity contribution in [2.24, 2.45) is 0 Å². The molecule has 0 bridgehead atoms. The van der Waals surface area contributed by atoms with Crippen molar-refractivity contribution in [3.63, 3.8) is 0 Å². The summed E-state index contributed by atoms with van der Waals surface area (Å²) in [5.74, 6) is -1.46. The quantitative estimate of drug-likeness (QED) is 0.668. The maximum Gasteiger partial charge on any atom is 0.326 e. The monoisotopic (exact) mass is 211 g/mol. The van der Waals surface area contributed by atoms with E-state index in [0.29, 0.717) is 17.7 Å². The number of carbonyl (C=O) groups excluding carboxylic acids is 1. The Labute approximate surface area is 86.7 Å². The molecule has 1 amide bonds. The molecule has 0 saturated carbocycles. The molecule has 0 aliphatic heterocycles. The average Bonchev–Trinajstić information content (AvgIpc) is 2.60. The van der Waals surface area contributed by atoms with Gasteiger partial charge < -0.3 is 10.4 Å².